The van der Waals surface area contributed by atoms with Gasteiger partial charge in [-0.25, -0.2) is 0 Å². The number of nitrogens with zero attached hydrogens (tertiary/aromatic N) is 2. The van der Waals surface area contributed by atoms with E-state index < -0.39 is 4.92 Å². The molecule has 0 spiro atoms. The third-order valence-electron chi connectivity index (χ3n) is 3.95. The van der Waals surface area contributed by atoms with E-state index in [1.807, 2.05) is 11.8 Å². The summed E-state index contributed by atoms with van der Waals surface area (Å²) < 4.78 is 10.3. The molecule has 10 heteroatoms. The number of piperazine rings is 1. The maximum absolute atomic E-state index is 12.2. The lowest BCUT2D eigenvalue weighted by molar-refractivity contribution is -0.384. The number of hydrogen-bond donors (Lipinski definition) is 2. The molecular formula is C14H19ClN4O5. The van der Waals surface area contributed by atoms with Crippen LogP contribution in [0.15, 0.2) is 12.1 Å². The van der Waals surface area contributed by atoms with Gasteiger partial charge in [0.1, 0.15) is 5.69 Å². The lowest BCUT2D eigenvalue weighted by Gasteiger charge is -2.33. The minimum atomic E-state index is -0.551. The standard InChI is InChI=1S/C14H18N4O5.ClH/c1-9-6-15-2-3-17(9)7-14(19)16-10-4-12-13(23-8-22-12)5-11(10)18(20)21;/h4-5,9,15H,2-3,6-8H2,1H3,(H,16,19);1H/t9-;/m1./s1. The number of nitro benzene ring substituents is 1. The molecule has 2 aliphatic heterocycles. The van der Waals surface area contributed by atoms with E-state index in [4.69, 9.17) is 9.47 Å². The van der Waals surface area contributed by atoms with Gasteiger partial charge < -0.3 is 20.1 Å². The summed E-state index contributed by atoms with van der Waals surface area (Å²) in [7, 11) is 0. The van der Waals surface area contributed by atoms with E-state index in [1.54, 1.807) is 0 Å². The van der Waals surface area contributed by atoms with Crippen molar-refractivity contribution in [3.63, 3.8) is 0 Å². The number of rotatable bonds is 4. The van der Waals surface area contributed by atoms with Crippen molar-refractivity contribution in [2.45, 2.75) is 13.0 Å². The first-order chi connectivity index (χ1) is 11.0. The van der Waals surface area contributed by atoms with Crippen molar-refractivity contribution in [1.29, 1.82) is 0 Å². The minimum absolute atomic E-state index is 0. The fourth-order valence-corrected chi connectivity index (χ4v) is 2.67. The fraction of sp³-hybridized carbons (Fsp3) is 0.500. The number of benzene rings is 1. The summed E-state index contributed by atoms with van der Waals surface area (Å²) in [6, 6.07) is 2.94. The summed E-state index contributed by atoms with van der Waals surface area (Å²) in [5.41, 5.74) is -0.0944. The predicted octanol–water partition coefficient (Wildman–Crippen LogP) is 0.977. The lowest BCUT2D eigenvalue weighted by Crippen LogP contribution is -2.52. The third-order valence-corrected chi connectivity index (χ3v) is 3.95. The number of carbonyl (C=O) groups is 1. The normalized spacial score (nSPS) is 19.5. The number of hydrogen-bond acceptors (Lipinski definition) is 7. The van der Waals surface area contributed by atoms with Crippen LogP contribution >= 0.6 is 12.4 Å². The van der Waals surface area contributed by atoms with Crippen molar-refractivity contribution in [2.75, 3.05) is 38.3 Å². The largest absolute Gasteiger partial charge is 0.454 e. The van der Waals surface area contributed by atoms with Crippen LogP contribution in [-0.2, 0) is 4.79 Å². The molecule has 24 heavy (non-hydrogen) atoms. The van der Waals surface area contributed by atoms with Gasteiger partial charge in [-0.05, 0) is 6.92 Å². The molecule has 1 saturated heterocycles. The van der Waals surface area contributed by atoms with Crippen molar-refractivity contribution in [2.24, 2.45) is 0 Å². The number of fused-ring (bicyclic) bond motifs is 1. The van der Waals surface area contributed by atoms with E-state index in [9.17, 15) is 14.9 Å². The van der Waals surface area contributed by atoms with Crippen LogP contribution in [0.25, 0.3) is 0 Å². The highest BCUT2D eigenvalue weighted by Crippen LogP contribution is 2.40. The smallest absolute Gasteiger partial charge is 0.296 e. The molecule has 0 unspecified atom stereocenters. The molecule has 1 aromatic rings. The zero-order valence-corrected chi connectivity index (χ0v) is 13.9. The van der Waals surface area contributed by atoms with Crippen LogP contribution in [0.1, 0.15) is 6.92 Å². The van der Waals surface area contributed by atoms with Crippen LogP contribution in [0.3, 0.4) is 0 Å². The first kappa shape index (κ1) is 18.2. The van der Waals surface area contributed by atoms with E-state index in [0.29, 0.717) is 11.5 Å². The Hall–Kier alpha value is -2.10. The molecule has 0 radical (unpaired) electrons. The maximum Gasteiger partial charge on any atom is 0.296 e. The van der Waals surface area contributed by atoms with E-state index in [2.05, 4.69) is 10.6 Å². The molecule has 1 amide bonds. The van der Waals surface area contributed by atoms with Crippen molar-refractivity contribution < 1.29 is 19.2 Å². The first-order valence-corrected chi connectivity index (χ1v) is 7.37. The van der Waals surface area contributed by atoms with Gasteiger partial charge in [0, 0.05) is 31.7 Å². The lowest BCUT2D eigenvalue weighted by atomic mass is 10.2. The second-order valence-electron chi connectivity index (χ2n) is 5.55. The van der Waals surface area contributed by atoms with Gasteiger partial charge in [0.15, 0.2) is 11.5 Å². The van der Waals surface area contributed by atoms with Crippen LogP contribution < -0.4 is 20.1 Å². The fourth-order valence-electron chi connectivity index (χ4n) is 2.67. The number of halogens is 1. The summed E-state index contributed by atoms with van der Waals surface area (Å²) in [6.45, 7) is 4.64. The summed E-state index contributed by atoms with van der Waals surface area (Å²) in [5.74, 6) is 0.410. The molecule has 2 aliphatic rings. The number of anilines is 1. The summed E-state index contributed by atoms with van der Waals surface area (Å²) >= 11 is 0. The Morgan fingerprint density at radius 2 is 2.17 bits per heavy atom. The molecule has 1 atom stereocenters. The molecule has 2 heterocycles. The van der Waals surface area contributed by atoms with Gasteiger partial charge in [-0.3, -0.25) is 19.8 Å². The van der Waals surface area contributed by atoms with E-state index >= 15 is 0 Å². The van der Waals surface area contributed by atoms with Crippen LogP contribution in [0, 0.1) is 10.1 Å². The molecule has 3 rings (SSSR count). The molecule has 0 aliphatic carbocycles. The average Bonchev–Trinajstić information content (AvgIpc) is 2.96. The van der Waals surface area contributed by atoms with Crippen LogP contribution in [0.4, 0.5) is 11.4 Å². The SMILES string of the molecule is C[C@@H]1CNCCN1CC(=O)Nc1cc2c(cc1[N+](=O)[O-])OCO2.Cl. The van der Waals surface area contributed by atoms with Gasteiger partial charge in [0.25, 0.3) is 5.69 Å². The minimum Gasteiger partial charge on any atom is -0.454 e. The predicted molar refractivity (Wildman–Crippen MR) is 89.0 cm³/mol. The molecule has 1 aromatic carbocycles. The van der Waals surface area contributed by atoms with Crippen LogP contribution in [0.2, 0.25) is 0 Å². The Labute approximate surface area is 144 Å². The van der Waals surface area contributed by atoms with E-state index in [-0.39, 0.29) is 49.1 Å². The molecule has 2 N–H and O–H groups in total. The highest BCUT2D eigenvalue weighted by molar-refractivity contribution is 5.95. The van der Waals surface area contributed by atoms with Crippen molar-refractivity contribution in [1.82, 2.24) is 10.2 Å². The van der Waals surface area contributed by atoms with Crippen molar-refractivity contribution in [3.8, 4) is 11.5 Å². The molecule has 0 bridgehead atoms. The summed E-state index contributed by atoms with van der Waals surface area (Å²) in [6.07, 6.45) is 0. The Bertz CT molecular complexity index is 642. The number of nitro groups is 1. The molecule has 1 fully saturated rings. The molecule has 132 valence electrons. The van der Waals surface area contributed by atoms with Crippen molar-refractivity contribution in [3.05, 3.63) is 22.2 Å². The Morgan fingerprint density at radius 1 is 1.46 bits per heavy atom. The number of ether oxygens (including phenoxy) is 2. The van der Waals surface area contributed by atoms with Crippen LogP contribution in [-0.4, -0.2) is 54.7 Å². The Morgan fingerprint density at radius 3 is 2.83 bits per heavy atom. The number of amides is 1. The zero-order valence-electron chi connectivity index (χ0n) is 13.1. The van der Waals surface area contributed by atoms with Gasteiger partial charge in [0.2, 0.25) is 12.7 Å². The summed E-state index contributed by atoms with van der Waals surface area (Å²) in [4.78, 5) is 24.9. The van der Waals surface area contributed by atoms with Gasteiger partial charge in [-0.1, -0.05) is 0 Å². The third kappa shape index (κ3) is 3.86. The molecular weight excluding hydrogens is 340 g/mol. The Kier molecular flexibility index (Phi) is 5.81. The van der Waals surface area contributed by atoms with Gasteiger partial charge in [-0.15, -0.1) is 12.4 Å². The number of nitrogens with one attached hydrogen (secondary N) is 2. The quantitative estimate of drug-likeness (QED) is 0.610. The van der Waals surface area contributed by atoms with Crippen molar-refractivity contribution >= 4 is 29.7 Å². The monoisotopic (exact) mass is 358 g/mol. The van der Waals surface area contributed by atoms with E-state index in [0.717, 1.165) is 19.6 Å². The topological polar surface area (TPSA) is 106 Å². The highest BCUT2D eigenvalue weighted by Gasteiger charge is 2.26. The summed E-state index contributed by atoms with van der Waals surface area (Å²) in [5, 5.41) is 17.0. The van der Waals surface area contributed by atoms with E-state index in [1.165, 1.54) is 12.1 Å². The highest BCUT2D eigenvalue weighted by atomic mass is 35.5. The Balaban J connectivity index is 0.00000208. The zero-order chi connectivity index (χ0) is 16.4. The first-order valence-electron chi connectivity index (χ1n) is 7.37. The second-order valence-corrected chi connectivity index (χ2v) is 5.55. The molecule has 0 saturated carbocycles. The maximum atomic E-state index is 12.2. The molecule has 9 nitrogen and oxygen atoms in total. The van der Waals surface area contributed by atoms with Gasteiger partial charge in [0.05, 0.1) is 17.5 Å². The van der Waals surface area contributed by atoms with Gasteiger partial charge in [-0.2, -0.15) is 0 Å². The van der Waals surface area contributed by atoms with Crippen LogP contribution in [0.5, 0.6) is 11.5 Å². The average molecular weight is 359 g/mol. The van der Waals surface area contributed by atoms with Gasteiger partial charge >= 0.3 is 0 Å². The molecule has 0 aromatic heterocycles. The number of carbonyl (C=O) groups excluding carboxylic acids is 1. The second kappa shape index (κ2) is 7.65.